The number of quaternary nitrogens is 1. The van der Waals surface area contributed by atoms with Gasteiger partial charge in [0.1, 0.15) is 6.54 Å². The third-order valence-corrected chi connectivity index (χ3v) is 3.77. The first kappa shape index (κ1) is 14.2. The van der Waals surface area contributed by atoms with E-state index in [-0.39, 0.29) is 0 Å². The molecule has 0 fully saturated rings. The minimum Gasteiger partial charge on any atom is -0.342 e. The highest BCUT2D eigenvalue weighted by Gasteiger charge is 2.06. The topological polar surface area (TPSA) is 21.5 Å². The molecular weight excluding hydrogens is 256 g/mol. The standard InChI is InChI=1S/C16H21ClN2/c1-3-13(2)18-11-16-8-5-9-19(16)12-14-6-4-7-15(17)10-14/h4-10,13,18H,3,11-12H2,1-2H3/p+1/t13-/m0/s1. The molecule has 0 aliphatic rings. The van der Waals surface area contributed by atoms with Crippen molar-refractivity contribution < 1.29 is 5.32 Å². The molecule has 2 rings (SSSR count). The van der Waals surface area contributed by atoms with Crippen LogP contribution in [-0.4, -0.2) is 10.6 Å². The number of rotatable bonds is 6. The van der Waals surface area contributed by atoms with Crippen molar-refractivity contribution in [2.45, 2.75) is 39.4 Å². The van der Waals surface area contributed by atoms with E-state index in [1.54, 1.807) is 0 Å². The van der Waals surface area contributed by atoms with Crippen molar-refractivity contribution in [2.75, 3.05) is 0 Å². The fourth-order valence-corrected chi connectivity index (χ4v) is 2.32. The molecule has 0 amide bonds. The predicted octanol–water partition coefficient (Wildman–Crippen LogP) is 3.05. The molecule has 2 nitrogen and oxygen atoms in total. The molecule has 0 aliphatic carbocycles. The number of benzene rings is 1. The van der Waals surface area contributed by atoms with Gasteiger partial charge in [-0.1, -0.05) is 30.7 Å². The molecular formula is C16H22ClN2+. The van der Waals surface area contributed by atoms with Crippen molar-refractivity contribution >= 4 is 11.6 Å². The Morgan fingerprint density at radius 3 is 2.84 bits per heavy atom. The molecule has 1 aromatic carbocycles. The Morgan fingerprint density at radius 2 is 2.11 bits per heavy atom. The van der Waals surface area contributed by atoms with Crippen molar-refractivity contribution in [1.82, 2.24) is 4.57 Å². The highest BCUT2D eigenvalue weighted by molar-refractivity contribution is 6.30. The van der Waals surface area contributed by atoms with Crippen LogP contribution in [0.1, 0.15) is 31.5 Å². The van der Waals surface area contributed by atoms with Gasteiger partial charge in [0, 0.05) is 17.8 Å². The lowest BCUT2D eigenvalue weighted by Gasteiger charge is -2.11. The molecule has 1 aromatic heterocycles. The zero-order valence-corrected chi connectivity index (χ0v) is 12.4. The van der Waals surface area contributed by atoms with Crippen molar-refractivity contribution in [1.29, 1.82) is 0 Å². The summed E-state index contributed by atoms with van der Waals surface area (Å²) in [5, 5.41) is 3.20. The molecule has 2 aromatic rings. The molecule has 0 aliphatic heterocycles. The molecule has 1 atom stereocenters. The summed E-state index contributed by atoms with van der Waals surface area (Å²) < 4.78 is 2.30. The molecule has 0 radical (unpaired) electrons. The first-order valence-electron chi connectivity index (χ1n) is 6.91. The summed E-state index contributed by atoms with van der Waals surface area (Å²) in [6.07, 6.45) is 3.34. The van der Waals surface area contributed by atoms with Crippen LogP contribution in [-0.2, 0) is 13.1 Å². The van der Waals surface area contributed by atoms with Gasteiger partial charge in [0.2, 0.25) is 0 Å². The normalized spacial score (nSPS) is 12.6. The lowest BCUT2D eigenvalue weighted by Crippen LogP contribution is -2.87. The van der Waals surface area contributed by atoms with Gasteiger partial charge in [0.25, 0.3) is 0 Å². The molecule has 1 heterocycles. The smallest absolute Gasteiger partial charge is 0.117 e. The summed E-state index contributed by atoms with van der Waals surface area (Å²) in [6, 6.07) is 13.1. The Morgan fingerprint density at radius 1 is 1.26 bits per heavy atom. The lowest BCUT2D eigenvalue weighted by atomic mass is 10.2. The highest BCUT2D eigenvalue weighted by atomic mass is 35.5. The zero-order chi connectivity index (χ0) is 13.7. The second-order valence-electron chi connectivity index (χ2n) is 5.08. The molecule has 3 heteroatoms. The van der Waals surface area contributed by atoms with E-state index >= 15 is 0 Å². The molecule has 19 heavy (non-hydrogen) atoms. The molecule has 2 N–H and O–H groups in total. The van der Waals surface area contributed by atoms with E-state index in [0.29, 0.717) is 6.04 Å². The van der Waals surface area contributed by atoms with Gasteiger partial charge in [0.05, 0.1) is 11.7 Å². The van der Waals surface area contributed by atoms with Crippen LogP contribution in [0.15, 0.2) is 42.6 Å². The van der Waals surface area contributed by atoms with E-state index in [1.807, 2.05) is 18.2 Å². The third kappa shape index (κ3) is 4.12. The van der Waals surface area contributed by atoms with Crippen molar-refractivity contribution in [3.05, 3.63) is 58.9 Å². The Labute approximate surface area is 120 Å². The second kappa shape index (κ2) is 6.78. The van der Waals surface area contributed by atoms with Gasteiger partial charge < -0.3 is 9.88 Å². The van der Waals surface area contributed by atoms with Gasteiger partial charge in [-0.3, -0.25) is 0 Å². The maximum atomic E-state index is 6.03. The number of hydrogen-bond acceptors (Lipinski definition) is 0. The summed E-state index contributed by atoms with van der Waals surface area (Å²) in [4.78, 5) is 0. The Kier molecular flexibility index (Phi) is 5.06. The second-order valence-corrected chi connectivity index (χ2v) is 5.52. The van der Waals surface area contributed by atoms with Crippen LogP contribution in [0.5, 0.6) is 0 Å². The van der Waals surface area contributed by atoms with E-state index in [9.17, 15) is 0 Å². The number of halogens is 1. The van der Waals surface area contributed by atoms with E-state index in [0.717, 1.165) is 18.1 Å². The lowest BCUT2D eigenvalue weighted by molar-refractivity contribution is -0.702. The maximum Gasteiger partial charge on any atom is 0.117 e. The zero-order valence-electron chi connectivity index (χ0n) is 11.6. The Balaban J connectivity index is 2.03. The first-order valence-corrected chi connectivity index (χ1v) is 7.28. The van der Waals surface area contributed by atoms with Gasteiger partial charge in [-0.05, 0) is 43.2 Å². The fourth-order valence-electron chi connectivity index (χ4n) is 2.11. The van der Waals surface area contributed by atoms with E-state index < -0.39 is 0 Å². The highest BCUT2D eigenvalue weighted by Crippen LogP contribution is 2.13. The largest absolute Gasteiger partial charge is 0.342 e. The molecule has 0 unspecified atom stereocenters. The fraction of sp³-hybridized carbons (Fsp3) is 0.375. The van der Waals surface area contributed by atoms with Crippen molar-refractivity contribution in [2.24, 2.45) is 0 Å². The number of hydrogen-bond donors (Lipinski definition) is 1. The van der Waals surface area contributed by atoms with Crippen LogP contribution >= 0.6 is 11.6 Å². The van der Waals surface area contributed by atoms with E-state index in [4.69, 9.17) is 11.6 Å². The monoisotopic (exact) mass is 277 g/mol. The van der Waals surface area contributed by atoms with Crippen LogP contribution in [0.4, 0.5) is 0 Å². The molecule has 0 bridgehead atoms. The Bertz CT molecular complexity index is 519. The van der Waals surface area contributed by atoms with Gasteiger partial charge >= 0.3 is 0 Å². The molecule has 0 saturated carbocycles. The van der Waals surface area contributed by atoms with Crippen LogP contribution in [0.25, 0.3) is 0 Å². The number of nitrogens with zero attached hydrogens (tertiary/aromatic N) is 1. The molecule has 102 valence electrons. The summed E-state index contributed by atoms with van der Waals surface area (Å²) in [7, 11) is 0. The summed E-state index contributed by atoms with van der Waals surface area (Å²) in [5.41, 5.74) is 2.61. The predicted molar refractivity (Wildman–Crippen MR) is 80.4 cm³/mol. The van der Waals surface area contributed by atoms with Gasteiger partial charge in [-0.15, -0.1) is 0 Å². The van der Waals surface area contributed by atoms with Crippen LogP contribution in [0.3, 0.4) is 0 Å². The first-order chi connectivity index (χ1) is 9.19. The van der Waals surface area contributed by atoms with Crippen molar-refractivity contribution in [3.8, 4) is 0 Å². The minimum atomic E-state index is 0.675. The Hall–Kier alpha value is -1.25. The number of nitrogens with two attached hydrogens (primary N) is 1. The average molecular weight is 278 g/mol. The van der Waals surface area contributed by atoms with Crippen LogP contribution in [0.2, 0.25) is 5.02 Å². The maximum absolute atomic E-state index is 6.03. The van der Waals surface area contributed by atoms with Crippen LogP contribution in [0, 0.1) is 0 Å². The average Bonchev–Trinajstić information content (AvgIpc) is 2.83. The molecule has 0 spiro atoms. The SMILES string of the molecule is CC[C@H](C)[NH2+]Cc1cccn1Cc1cccc(Cl)c1. The summed E-state index contributed by atoms with van der Waals surface area (Å²) >= 11 is 6.03. The van der Waals surface area contributed by atoms with Gasteiger partial charge in [0.15, 0.2) is 0 Å². The number of aromatic nitrogens is 1. The van der Waals surface area contributed by atoms with Crippen LogP contribution < -0.4 is 5.32 Å². The quantitative estimate of drug-likeness (QED) is 0.838. The molecule has 0 saturated heterocycles. The summed E-state index contributed by atoms with van der Waals surface area (Å²) in [6.45, 7) is 6.41. The van der Waals surface area contributed by atoms with Crippen molar-refractivity contribution in [3.63, 3.8) is 0 Å². The third-order valence-electron chi connectivity index (χ3n) is 3.54. The summed E-state index contributed by atoms with van der Waals surface area (Å²) in [5.74, 6) is 0. The van der Waals surface area contributed by atoms with E-state index in [2.05, 4.69) is 48.1 Å². The minimum absolute atomic E-state index is 0.675. The van der Waals surface area contributed by atoms with E-state index in [1.165, 1.54) is 17.7 Å². The van der Waals surface area contributed by atoms with Gasteiger partial charge in [-0.25, -0.2) is 0 Å². The van der Waals surface area contributed by atoms with Gasteiger partial charge in [-0.2, -0.15) is 0 Å².